The Kier molecular flexibility index (Phi) is 3.97. The largest absolute Gasteiger partial charge is 0.312 e. The predicted molar refractivity (Wildman–Crippen MR) is 68.6 cm³/mol. The Bertz CT molecular complexity index is 308. The monoisotopic (exact) mass is 218 g/mol. The van der Waals surface area contributed by atoms with Gasteiger partial charge in [-0.25, -0.2) is 0 Å². The van der Waals surface area contributed by atoms with E-state index in [0.717, 1.165) is 12.6 Å². The highest BCUT2D eigenvalue weighted by Crippen LogP contribution is 2.15. The van der Waals surface area contributed by atoms with Crippen molar-refractivity contribution >= 4 is 0 Å². The van der Waals surface area contributed by atoms with Gasteiger partial charge < -0.3 is 10.2 Å². The quantitative estimate of drug-likeness (QED) is 0.830. The number of rotatable bonds is 4. The first-order chi connectivity index (χ1) is 7.75. The summed E-state index contributed by atoms with van der Waals surface area (Å²) in [7, 11) is 4.35. The van der Waals surface area contributed by atoms with Crippen LogP contribution >= 0.6 is 0 Å². The molecule has 1 saturated heterocycles. The topological polar surface area (TPSA) is 15.3 Å². The average molecular weight is 218 g/mol. The van der Waals surface area contributed by atoms with Crippen LogP contribution in [0.5, 0.6) is 0 Å². The highest BCUT2D eigenvalue weighted by molar-refractivity contribution is 5.14. The van der Waals surface area contributed by atoms with Crippen LogP contribution in [0.15, 0.2) is 30.3 Å². The van der Waals surface area contributed by atoms with E-state index in [1.165, 1.54) is 24.8 Å². The van der Waals surface area contributed by atoms with Crippen molar-refractivity contribution < 1.29 is 0 Å². The summed E-state index contributed by atoms with van der Waals surface area (Å²) in [6, 6.07) is 12.2. The van der Waals surface area contributed by atoms with Crippen LogP contribution in [0.1, 0.15) is 18.4 Å². The zero-order chi connectivity index (χ0) is 11.4. The Labute approximate surface area is 98.7 Å². The van der Waals surface area contributed by atoms with Gasteiger partial charge in [0.1, 0.15) is 0 Å². The number of likely N-dealkylation sites (N-methyl/N-ethyl adjacent to an activating group) is 1. The van der Waals surface area contributed by atoms with Crippen molar-refractivity contribution in [1.29, 1.82) is 0 Å². The Balaban J connectivity index is 1.76. The molecular weight excluding hydrogens is 196 g/mol. The zero-order valence-corrected chi connectivity index (χ0v) is 10.3. The smallest absolute Gasteiger partial charge is 0.0229 e. The predicted octanol–water partition coefficient (Wildman–Crippen LogP) is 1.91. The third-order valence-corrected chi connectivity index (χ3v) is 3.55. The molecule has 0 aliphatic carbocycles. The molecule has 0 aromatic heterocycles. The highest BCUT2D eigenvalue weighted by Gasteiger charge is 2.24. The summed E-state index contributed by atoms with van der Waals surface area (Å²) in [4.78, 5) is 2.33. The minimum Gasteiger partial charge on any atom is -0.312 e. The van der Waals surface area contributed by atoms with E-state index in [1.54, 1.807) is 0 Å². The van der Waals surface area contributed by atoms with Crippen LogP contribution in [0.25, 0.3) is 0 Å². The lowest BCUT2D eigenvalue weighted by atomic mass is 10.0. The van der Waals surface area contributed by atoms with Crippen molar-refractivity contribution in [3.8, 4) is 0 Å². The number of hydrogen-bond donors (Lipinski definition) is 1. The lowest BCUT2D eigenvalue weighted by Gasteiger charge is -2.17. The van der Waals surface area contributed by atoms with Gasteiger partial charge in [0.2, 0.25) is 0 Å². The van der Waals surface area contributed by atoms with Crippen molar-refractivity contribution in [2.24, 2.45) is 0 Å². The molecular formula is C14H22N2. The molecule has 1 aromatic rings. The second-order valence-corrected chi connectivity index (χ2v) is 4.98. The minimum atomic E-state index is 0.701. The number of benzene rings is 1. The molecule has 2 unspecified atom stereocenters. The number of aryl methyl sites for hydroxylation is 1. The molecule has 0 radical (unpaired) electrons. The van der Waals surface area contributed by atoms with Crippen molar-refractivity contribution in [1.82, 2.24) is 10.2 Å². The summed E-state index contributed by atoms with van der Waals surface area (Å²) in [5, 5.41) is 3.62. The maximum absolute atomic E-state index is 3.62. The normalized spacial score (nSPS) is 25.2. The van der Waals surface area contributed by atoms with Gasteiger partial charge in [0.25, 0.3) is 0 Å². The van der Waals surface area contributed by atoms with Gasteiger partial charge in [-0.1, -0.05) is 30.3 Å². The number of hydrogen-bond acceptors (Lipinski definition) is 2. The molecule has 0 saturated carbocycles. The van der Waals surface area contributed by atoms with Crippen molar-refractivity contribution in [2.45, 2.75) is 31.3 Å². The molecule has 0 bridgehead atoms. The van der Waals surface area contributed by atoms with E-state index in [9.17, 15) is 0 Å². The fraction of sp³-hybridized carbons (Fsp3) is 0.571. The molecule has 1 aromatic carbocycles. The first kappa shape index (κ1) is 11.6. The summed E-state index contributed by atoms with van der Waals surface area (Å²) in [6.45, 7) is 1.15. The molecule has 16 heavy (non-hydrogen) atoms. The molecule has 2 nitrogen and oxygen atoms in total. The zero-order valence-electron chi connectivity index (χ0n) is 10.3. The third-order valence-electron chi connectivity index (χ3n) is 3.55. The number of nitrogens with zero attached hydrogens (tertiary/aromatic N) is 1. The standard InChI is InChI=1S/C14H22N2/c1-16(2)14-10-13(15-11-14)9-8-12-6-4-3-5-7-12/h3-7,13-15H,8-11H2,1-2H3. The third kappa shape index (κ3) is 3.06. The van der Waals surface area contributed by atoms with Crippen LogP contribution in [0, 0.1) is 0 Å². The Hall–Kier alpha value is -0.860. The maximum Gasteiger partial charge on any atom is 0.0229 e. The molecule has 88 valence electrons. The molecule has 0 amide bonds. The first-order valence-corrected chi connectivity index (χ1v) is 6.19. The van der Waals surface area contributed by atoms with Crippen LogP contribution in [0.4, 0.5) is 0 Å². The van der Waals surface area contributed by atoms with Gasteiger partial charge in [0.05, 0.1) is 0 Å². The Morgan fingerprint density at radius 2 is 2.00 bits per heavy atom. The summed E-state index contributed by atoms with van der Waals surface area (Å²) < 4.78 is 0. The van der Waals surface area contributed by atoms with Crippen LogP contribution < -0.4 is 5.32 Å². The minimum absolute atomic E-state index is 0.701. The highest BCUT2D eigenvalue weighted by atomic mass is 15.2. The van der Waals surface area contributed by atoms with Crippen LogP contribution in [-0.2, 0) is 6.42 Å². The number of nitrogens with one attached hydrogen (secondary N) is 1. The van der Waals surface area contributed by atoms with Gasteiger partial charge in [-0.3, -0.25) is 0 Å². The van der Waals surface area contributed by atoms with Crippen LogP contribution in [0.2, 0.25) is 0 Å². The maximum atomic E-state index is 3.62. The molecule has 0 spiro atoms. The van der Waals surface area contributed by atoms with Crippen molar-refractivity contribution in [3.63, 3.8) is 0 Å². The Morgan fingerprint density at radius 1 is 1.25 bits per heavy atom. The fourth-order valence-electron chi connectivity index (χ4n) is 2.40. The summed E-state index contributed by atoms with van der Waals surface area (Å²) >= 11 is 0. The van der Waals surface area contributed by atoms with Crippen LogP contribution in [0.3, 0.4) is 0 Å². The average Bonchev–Trinajstić information content (AvgIpc) is 2.76. The lowest BCUT2D eigenvalue weighted by Crippen LogP contribution is -2.29. The van der Waals surface area contributed by atoms with E-state index in [1.807, 2.05) is 0 Å². The van der Waals surface area contributed by atoms with E-state index in [0.29, 0.717) is 6.04 Å². The van der Waals surface area contributed by atoms with Gasteiger partial charge in [-0.15, -0.1) is 0 Å². The van der Waals surface area contributed by atoms with Gasteiger partial charge in [0.15, 0.2) is 0 Å². The molecule has 1 aliphatic heterocycles. The van der Waals surface area contributed by atoms with Gasteiger partial charge in [-0.2, -0.15) is 0 Å². The molecule has 2 rings (SSSR count). The van der Waals surface area contributed by atoms with Gasteiger partial charge in [-0.05, 0) is 38.9 Å². The summed E-state index contributed by atoms with van der Waals surface area (Å²) in [5.74, 6) is 0. The molecule has 1 heterocycles. The summed E-state index contributed by atoms with van der Waals surface area (Å²) in [6.07, 6.45) is 3.74. The molecule has 1 N–H and O–H groups in total. The molecule has 2 atom stereocenters. The van der Waals surface area contributed by atoms with E-state index in [-0.39, 0.29) is 0 Å². The van der Waals surface area contributed by atoms with Gasteiger partial charge >= 0.3 is 0 Å². The molecule has 1 fully saturated rings. The summed E-state index contributed by atoms with van der Waals surface area (Å²) in [5.41, 5.74) is 1.46. The van der Waals surface area contributed by atoms with Gasteiger partial charge in [0, 0.05) is 18.6 Å². The lowest BCUT2D eigenvalue weighted by molar-refractivity contribution is 0.308. The first-order valence-electron chi connectivity index (χ1n) is 6.19. The fourth-order valence-corrected chi connectivity index (χ4v) is 2.40. The molecule has 1 aliphatic rings. The van der Waals surface area contributed by atoms with Crippen LogP contribution in [-0.4, -0.2) is 37.6 Å². The second-order valence-electron chi connectivity index (χ2n) is 4.98. The van der Waals surface area contributed by atoms with E-state index in [2.05, 4.69) is 54.6 Å². The van der Waals surface area contributed by atoms with Crippen molar-refractivity contribution in [2.75, 3.05) is 20.6 Å². The van der Waals surface area contributed by atoms with E-state index in [4.69, 9.17) is 0 Å². The van der Waals surface area contributed by atoms with E-state index < -0.39 is 0 Å². The SMILES string of the molecule is CN(C)C1CNC(CCc2ccccc2)C1. The van der Waals surface area contributed by atoms with E-state index >= 15 is 0 Å². The van der Waals surface area contributed by atoms with Crippen molar-refractivity contribution in [3.05, 3.63) is 35.9 Å². The Morgan fingerprint density at radius 3 is 2.62 bits per heavy atom. The second kappa shape index (κ2) is 5.46. The molecule has 2 heteroatoms.